The van der Waals surface area contributed by atoms with Gasteiger partial charge in [-0.1, -0.05) is 18.5 Å². The second kappa shape index (κ2) is 5.12. The number of anilines is 1. The Morgan fingerprint density at radius 2 is 2.28 bits per heavy atom. The molecule has 1 fully saturated rings. The van der Waals surface area contributed by atoms with Crippen LogP contribution < -0.4 is 4.90 Å². The van der Waals surface area contributed by atoms with Crippen molar-refractivity contribution in [3.05, 3.63) is 22.8 Å². The van der Waals surface area contributed by atoms with Gasteiger partial charge >= 0.3 is 5.97 Å². The number of nitrogens with zero attached hydrogens (tertiary/aromatic N) is 2. The van der Waals surface area contributed by atoms with Crippen LogP contribution in [-0.4, -0.2) is 40.4 Å². The van der Waals surface area contributed by atoms with E-state index in [9.17, 15) is 9.90 Å². The molecule has 2 unspecified atom stereocenters. The van der Waals surface area contributed by atoms with E-state index in [0.29, 0.717) is 18.9 Å². The zero-order chi connectivity index (χ0) is 13.3. The molecule has 0 spiro atoms. The average Bonchev–Trinajstić information content (AvgIpc) is 2.32. The van der Waals surface area contributed by atoms with E-state index >= 15 is 0 Å². The zero-order valence-electron chi connectivity index (χ0n) is 10.0. The maximum absolute atomic E-state index is 11.1. The zero-order valence-corrected chi connectivity index (χ0v) is 10.8. The number of pyridine rings is 1. The third-order valence-electron chi connectivity index (χ3n) is 3.29. The summed E-state index contributed by atoms with van der Waals surface area (Å²) in [4.78, 5) is 17.0. The molecule has 1 aliphatic rings. The van der Waals surface area contributed by atoms with Crippen molar-refractivity contribution in [2.45, 2.75) is 19.4 Å². The summed E-state index contributed by atoms with van der Waals surface area (Å²) in [5.41, 5.74) is 0.112. The molecule has 0 bridgehead atoms. The van der Waals surface area contributed by atoms with Crippen LogP contribution in [0.1, 0.15) is 23.7 Å². The number of β-amino-alcohol motifs (C(OH)–C–C–N with tert-alkyl or cyclic N) is 1. The molecule has 0 aliphatic carbocycles. The maximum atomic E-state index is 11.1. The Morgan fingerprint density at radius 3 is 2.89 bits per heavy atom. The standard InChI is InChI=1S/C12H15ClN2O3/c1-7-4-5-15(6-9(7)16)11-8(12(17)18)2-3-10(13)14-11/h2-3,7,9,16H,4-6H2,1H3,(H,17,18). The van der Waals surface area contributed by atoms with Crippen LogP contribution in [0.4, 0.5) is 5.82 Å². The number of aromatic carboxylic acids is 1. The molecule has 2 N–H and O–H groups in total. The summed E-state index contributed by atoms with van der Waals surface area (Å²) >= 11 is 5.81. The first kappa shape index (κ1) is 13.1. The van der Waals surface area contributed by atoms with Gasteiger partial charge in [0, 0.05) is 13.1 Å². The molecule has 1 aliphatic heterocycles. The van der Waals surface area contributed by atoms with Crippen LogP contribution in [0.5, 0.6) is 0 Å². The first-order valence-corrected chi connectivity index (χ1v) is 6.19. The number of piperidine rings is 1. The van der Waals surface area contributed by atoms with E-state index in [4.69, 9.17) is 16.7 Å². The maximum Gasteiger partial charge on any atom is 0.339 e. The van der Waals surface area contributed by atoms with E-state index in [1.165, 1.54) is 12.1 Å². The van der Waals surface area contributed by atoms with E-state index in [2.05, 4.69) is 4.98 Å². The summed E-state index contributed by atoms with van der Waals surface area (Å²) in [5.74, 6) is -0.489. The highest BCUT2D eigenvalue weighted by Crippen LogP contribution is 2.26. The van der Waals surface area contributed by atoms with Crippen LogP contribution in [0.3, 0.4) is 0 Å². The summed E-state index contributed by atoms with van der Waals surface area (Å²) in [6, 6.07) is 2.90. The van der Waals surface area contributed by atoms with Gasteiger partial charge in [-0.15, -0.1) is 0 Å². The Labute approximate surface area is 110 Å². The Bertz CT molecular complexity index is 467. The fourth-order valence-corrected chi connectivity index (χ4v) is 2.22. The van der Waals surface area contributed by atoms with Gasteiger partial charge in [0.05, 0.1) is 6.10 Å². The number of rotatable bonds is 2. The van der Waals surface area contributed by atoms with Gasteiger partial charge in [0.15, 0.2) is 0 Å². The number of carbonyl (C=O) groups is 1. The molecule has 1 saturated heterocycles. The van der Waals surface area contributed by atoms with Gasteiger partial charge in [-0.05, 0) is 24.5 Å². The molecule has 18 heavy (non-hydrogen) atoms. The highest BCUT2D eigenvalue weighted by molar-refractivity contribution is 6.29. The quantitative estimate of drug-likeness (QED) is 0.799. The molecule has 2 heterocycles. The molecule has 2 atom stereocenters. The monoisotopic (exact) mass is 270 g/mol. The van der Waals surface area contributed by atoms with Crippen molar-refractivity contribution in [3.8, 4) is 0 Å². The number of carboxylic acids is 1. The SMILES string of the molecule is CC1CCN(c2nc(Cl)ccc2C(=O)O)CC1O. The third-order valence-corrected chi connectivity index (χ3v) is 3.50. The number of hydrogen-bond donors (Lipinski definition) is 2. The molecule has 0 amide bonds. The average molecular weight is 271 g/mol. The summed E-state index contributed by atoms with van der Waals surface area (Å²) < 4.78 is 0. The van der Waals surface area contributed by atoms with Gasteiger partial charge < -0.3 is 15.1 Å². The fraction of sp³-hybridized carbons (Fsp3) is 0.500. The van der Waals surface area contributed by atoms with Gasteiger partial charge in [-0.2, -0.15) is 0 Å². The molecule has 0 aromatic carbocycles. The minimum absolute atomic E-state index is 0.112. The minimum Gasteiger partial charge on any atom is -0.478 e. The summed E-state index contributed by atoms with van der Waals surface area (Å²) in [6.45, 7) is 3.03. The van der Waals surface area contributed by atoms with E-state index in [1.807, 2.05) is 6.92 Å². The van der Waals surface area contributed by atoms with E-state index in [1.54, 1.807) is 4.90 Å². The topological polar surface area (TPSA) is 73.7 Å². The van der Waals surface area contributed by atoms with Crippen molar-refractivity contribution in [3.63, 3.8) is 0 Å². The molecule has 1 aromatic heterocycles. The van der Waals surface area contributed by atoms with Gasteiger partial charge in [-0.3, -0.25) is 0 Å². The predicted molar refractivity (Wildman–Crippen MR) is 68.2 cm³/mol. The number of carboxylic acid groups (broad SMARTS) is 1. The fourth-order valence-electron chi connectivity index (χ4n) is 2.07. The van der Waals surface area contributed by atoms with E-state index in [-0.39, 0.29) is 16.6 Å². The predicted octanol–water partition coefficient (Wildman–Crippen LogP) is 1.64. The number of aromatic nitrogens is 1. The van der Waals surface area contributed by atoms with Crippen LogP contribution in [-0.2, 0) is 0 Å². The lowest BCUT2D eigenvalue weighted by atomic mass is 9.96. The summed E-state index contributed by atoms with van der Waals surface area (Å²) in [7, 11) is 0. The number of hydrogen-bond acceptors (Lipinski definition) is 4. The van der Waals surface area contributed by atoms with E-state index in [0.717, 1.165) is 6.42 Å². The molecule has 98 valence electrons. The first-order chi connectivity index (χ1) is 8.49. The first-order valence-electron chi connectivity index (χ1n) is 5.82. The van der Waals surface area contributed by atoms with Crippen molar-refractivity contribution in [2.75, 3.05) is 18.0 Å². The van der Waals surface area contributed by atoms with Crippen molar-refractivity contribution >= 4 is 23.4 Å². The normalized spacial score (nSPS) is 24.1. The van der Waals surface area contributed by atoms with Gasteiger partial charge in [0.1, 0.15) is 16.5 Å². The molecule has 0 radical (unpaired) electrons. The lowest BCUT2D eigenvalue weighted by Crippen LogP contribution is -2.43. The van der Waals surface area contributed by atoms with Gasteiger partial charge in [0.25, 0.3) is 0 Å². The second-order valence-electron chi connectivity index (χ2n) is 4.59. The van der Waals surface area contributed by atoms with Gasteiger partial charge in [0.2, 0.25) is 0 Å². The summed E-state index contributed by atoms with van der Waals surface area (Å²) in [6.07, 6.45) is 0.329. The highest BCUT2D eigenvalue weighted by Gasteiger charge is 2.27. The molecule has 5 nitrogen and oxygen atoms in total. The lowest BCUT2D eigenvalue weighted by molar-refractivity contribution is 0.0695. The lowest BCUT2D eigenvalue weighted by Gasteiger charge is -2.35. The summed E-state index contributed by atoms with van der Waals surface area (Å²) in [5, 5.41) is 19.2. The molecule has 1 aromatic rings. The molecule has 0 saturated carbocycles. The van der Waals surface area contributed by atoms with Crippen molar-refractivity contribution in [1.29, 1.82) is 0 Å². The van der Waals surface area contributed by atoms with Crippen molar-refractivity contribution < 1.29 is 15.0 Å². The number of aliphatic hydroxyl groups excluding tert-OH is 1. The number of halogens is 1. The Balaban J connectivity index is 2.32. The highest BCUT2D eigenvalue weighted by atomic mass is 35.5. The molecule has 2 rings (SSSR count). The Kier molecular flexibility index (Phi) is 3.73. The Hall–Kier alpha value is -1.33. The second-order valence-corrected chi connectivity index (χ2v) is 4.98. The van der Waals surface area contributed by atoms with Crippen molar-refractivity contribution in [1.82, 2.24) is 4.98 Å². The largest absolute Gasteiger partial charge is 0.478 e. The van der Waals surface area contributed by atoms with Crippen LogP contribution >= 0.6 is 11.6 Å². The number of aliphatic hydroxyl groups is 1. The van der Waals surface area contributed by atoms with Crippen LogP contribution in [0, 0.1) is 5.92 Å². The minimum atomic E-state index is -1.04. The molecular weight excluding hydrogens is 256 g/mol. The van der Waals surface area contributed by atoms with Gasteiger partial charge in [-0.25, -0.2) is 9.78 Å². The molecule has 6 heteroatoms. The third kappa shape index (κ3) is 2.57. The van der Waals surface area contributed by atoms with Crippen LogP contribution in [0.25, 0.3) is 0 Å². The molecular formula is C12H15ClN2O3. The van der Waals surface area contributed by atoms with Crippen LogP contribution in [0.15, 0.2) is 12.1 Å². The van der Waals surface area contributed by atoms with E-state index < -0.39 is 12.1 Å². The Morgan fingerprint density at radius 1 is 1.56 bits per heavy atom. The van der Waals surface area contributed by atoms with Crippen LogP contribution in [0.2, 0.25) is 5.15 Å². The van der Waals surface area contributed by atoms with Crippen molar-refractivity contribution in [2.24, 2.45) is 5.92 Å². The smallest absolute Gasteiger partial charge is 0.339 e.